The summed E-state index contributed by atoms with van der Waals surface area (Å²) in [6, 6.07) is 2.99. The van der Waals surface area contributed by atoms with Crippen LogP contribution < -0.4 is 0 Å². The Balaban J connectivity index is 2.49. The standard InChI is InChI=1S/C15H20Cl2FN3/c1-15(2,8-20(3)4)9-21-13-6-11(18)10(17)5-12(13)19-14(21)7-16/h5-6H,7-9H2,1-4H3. The highest BCUT2D eigenvalue weighted by Gasteiger charge is 2.23. The summed E-state index contributed by atoms with van der Waals surface area (Å²) in [4.78, 5) is 6.60. The van der Waals surface area contributed by atoms with Crippen molar-refractivity contribution >= 4 is 34.2 Å². The SMILES string of the molecule is CN(C)CC(C)(C)Cn1c(CCl)nc2cc(Cl)c(F)cc21. The first-order valence-electron chi connectivity index (χ1n) is 6.78. The van der Waals surface area contributed by atoms with Crippen LogP contribution in [0, 0.1) is 11.2 Å². The number of hydrogen-bond donors (Lipinski definition) is 0. The molecule has 2 aromatic rings. The second kappa shape index (κ2) is 6.11. The van der Waals surface area contributed by atoms with Crippen LogP contribution in [0.15, 0.2) is 12.1 Å². The van der Waals surface area contributed by atoms with Crippen molar-refractivity contribution in [2.24, 2.45) is 5.41 Å². The van der Waals surface area contributed by atoms with E-state index in [-0.39, 0.29) is 16.3 Å². The molecule has 0 N–H and O–H groups in total. The lowest BCUT2D eigenvalue weighted by Crippen LogP contribution is -2.32. The van der Waals surface area contributed by atoms with Crippen LogP contribution in [0.2, 0.25) is 5.02 Å². The van der Waals surface area contributed by atoms with Gasteiger partial charge in [0.1, 0.15) is 11.6 Å². The van der Waals surface area contributed by atoms with E-state index in [4.69, 9.17) is 23.2 Å². The summed E-state index contributed by atoms with van der Waals surface area (Å²) >= 11 is 11.8. The van der Waals surface area contributed by atoms with Gasteiger partial charge in [0.15, 0.2) is 0 Å². The highest BCUT2D eigenvalue weighted by molar-refractivity contribution is 6.31. The fourth-order valence-electron chi connectivity index (χ4n) is 2.78. The fourth-order valence-corrected chi connectivity index (χ4v) is 3.14. The molecule has 0 bridgehead atoms. The van der Waals surface area contributed by atoms with Gasteiger partial charge in [0.25, 0.3) is 0 Å². The molecular weight excluding hydrogens is 312 g/mol. The van der Waals surface area contributed by atoms with E-state index in [2.05, 4.69) is 23.7 Å². The van der Waals surface area contributed by atoms with Crippen LogP contribution in [-0.4, -0.2) is 35.1 Å². The molecule has 21 heavy (non-hydrogen) atoms. The number of rotatable bonds is 5. The number of imidazole rings is 1. The van der Waals surface area contributed by atoms with Crippen LogP contribution in [-0.2, 0) is 12.4 Å². The van der Waals surface area contributed by atoms with Gasteiger partial charge in [-0.05, 0) is 25.6 Å². The Labute approximate surface area is 134 Å². The number of fused-ring (bicyclic) bond motifs is 1. The Morgan fingerprint density at radius 1 is 1.33 bits per heavy atom. The van der Waals surface area contributed by atoms with Crippen LogP contribution in [0.3, 0.4) is 0 Å². The number of hydrogen-bond acceptors (Lipinski definition) is 2. The Kier molecular flexibility index (Phi) is 4.81. The molecule has 2 rings (SSSR count). The van der Waals surface area contributed by atoms with Crippen LogP contribution >= 0.6 is 23.2 Å². The van der Waals surface area contributed by atoms with E-state index in [0.29, 0.717) is 12.1 Å². The molecule has 0 unspecified atom stereocenters. The Hall–Kier alpha value is -0.840. The summed E-state index contributed by atoms with van der Waals surface area (Å²) in [5.74, 6) is 0.586. The summed E-state index contributed by atoms with van der Waals surface area (Å²) in [6.07, 6.45) is 0. The van der Waals surface area contributed by atoms with E-state index >= 15 is 0 Å². The Morgan fingerprint density at radius 2 is 2.00 bits per heavy atom. The maximum atomic E-state index is 13.8. The van der Waals surface area contributed by atoms with E-state index < -0.39 is 5.82 Å². The molecule has 0 fully saturated rings. The van der Waals surface area contributed by atoms with Gasteiger partial charge in [-0.15, -0.1) is 11.6 Å². The van der Waals surface area contributed by atoms with Crippen LogP contribution in [0.1, 0.15) is 19.7 Å². The second-order valence-corrected chi connectivity index (χ2v) is 7.08. The molecule has 0 spiro atoms. The number of aromatic nitrogens is 2. The predicted molar refractivity (Wildman–Crippen MR) is 86.6 cm³/mol. The molecule has 1 aromatic heterocycles. The topological polar surface area (TPSA) is 21.1 Å². The van der Waals surface area contributed by atoms with E-state index in [1.165, 1.54) is 6.07 Å². The lowest BCUT2D eigenvalue weighted by atomic mass is 9.92. The van der Waals surface area contributed by atoms with E-state index in [1.54, 1.807) is 6.07 Å². The molecule has 0 saturated carbocycles. The van der Waals surface area contributed by atoms with Crippen molar-refractivity contribution in [2.45, 2.75) is 26.3 Å². The molecule has 1 aromatic carbocycles. The van der Waals surface area contributed by atoms with Gasteiger partial charge in [0.2, 0.25) is 0 Å². The van der Waals surface area contributed by atoms with Gasteiger partial charge in [-0.1, -0.05) is 25.4 Å². The maximum absolute atomic E-state index is 13.8. The molecule has 3 nitrogen and oxygen atoms in total. The first-order chi connectivity index (χ1) is 9.73. The average molecular weight is 332 g/mol. The molecule has 0 radical (unpaired) electrons. The number of alkyl halides is 1. The minimum absolute atomic E-state index is 0.00799. The van der Waals surface area contributed by atoms with E-state index in [0.717, 1.165) is 17.9 Å². The summed E-state index contributed by atoms with van der Waals surface area (Å²) in [5.41, 5.74) is 1.42. The van der Waals surface area contributed by atoms with Crippen LogP contribution in [0.5, 0.6) is 0 Å². The second-order valence-electron chi connectivity index (χ2n) is 6.40. The van der Waals surface area contributed by atoms with Crippen molar-refractivity contribution < 1.29 is 4.39 Å². The Morgan fingerprint density at radius 3 is 2.57 bits per heavy atom. The first-order valence-corrected chi connectivity index (χ1v) is 7.69. The molecule has 6 heteroatoms. The van der Waals surface area contributed by atoms with Gasteiger partial charge < -0.3 is 9.47 Å². The van der Waals surface area contributed by atoms with Gasteiger partial charge >= 0.3 is 0 Å². The molecule has 1 heterocycles. The number of nitrogens with zero attached hydrogens (tertiary/aromatic N) is 3. The third-order valence-corrected chi connectivity index (χ3v) is 3.85. The minimum Gasteiger partial charge on any atom is -0.326 e. The van der Waals surface area contributed by atoms with Gasteiger partial charge in [0.05, 0.1) is 21.9 Å². The van der Waals surface area contributed by atoms with Crippen molar-refractivity contribution in [3.05, 3.63) is 28.8 Å². The largest absolute Gasteiger partial charge is 0.326 e. The zero-order valence-corrected chi connectivity index (χ0v) is 14.3. The van der Waals surface area contributed by atoms with Gasteiger partial charge in [-0.3, -0.25) is 0 Å². The number of benzene rings is 1. The lowest BCUT2D eigenvalue weighted by Gasteiger charge is -2.29. The molecule has 0 aliphatic heterocycles. The third kappa shape index (κ3) is 3.68. The summed E-state index contributed by atoms with van der Waals surface area (Å²) in [7, 11) is 4.07. The molecule has 0 aliphatic carbocycles. The fraction of sp³-hybridized carbons (Fsp3) is 0.533. The average Bonchev–Trinajstić information content (AvgIpc) is 2.65. The van der Waals surface area contributed by atoms with Gasteiger partial charge in [-0.25, -0.2) is 9.37 Å². The summed E-state index contributed by atoms with van der Waals surface area (Å²) in [5, 5.41) is 0.0841. The van der Waals surface area contributed by atoms with Crippen LogP contribution in [0.25, 0.3) is 11.0 Å². The molecule has 0 saturated heterocycles. The van der Waals surface area contributed by atoms with Crippen molar-refractivity contribution in [3.8, 4) is 0 Å². The maximum Gasteiger partial charge on any atom is 0.144 e. The lowest BCUT2D eigenvalue weighted by molar-refractivity contribution is 0.212. The van der Waals surface area contributed by atoms with Gasteiger partial charge in [-0.2, -0.15) is 0 Å². The predicted octanol–water partition coefficient (Wildman–Crippen LogP) is 4.16. The zero-order valence-electron chi connectivity index (χ0n) is 12.8. The van der Waals surface area contributed by atoms with E-state index in [9.17, 15) is 4.39 Å². The minimum atomic E-state index is -0.433. The third-order valence-electron chi connectivity index (χ3n) is 3.32. The van der Waals surface area contributed by atoms with Crippen molar-refractivity contribution in [1.82, 2.24) is 14.5 Å². The van der Waals surface area contributed by atoms with E-state index in [1.807, 2.05) is 18.7 Å². The molecule has 0 aliphatic rings. The first kappa shape index (κ1) is 16.5. The Bertz CT molecular complexity index is 650. The highest BCUT2D eigenvalue weighted by atomic mass is 35.5. The van der Waals surface area contributed by atoms with Crippen molar-refractivity contribution in [1.29, 1.82) is 0 Å². The molecule has 0 amide bonds. The summed E-state index contributed by atoms with van der Waals surface area (Å²) < 4.78 is 15.8. The monoisotopic (exact) mass is 331 g/mol. The summed E-state index contributed by atoms with van der Waals surface area (Å²) in [6.45, 7) is 5.96. The van der Waals surface area contributed by atoms with Crippen molar-refractivity contribution in [2.75, 3.05) is 20.6 Å². The highest BCUT2D eigenvalue weighted by Crippen LogP contribution is 2.28. The normalized spacial score (nSPS) is 12.6. The number of halogens is 3. The van der Waals surface area contributed by atoms with Gasteiger partial charge in [0, 0.05) is 19.2 Å². The van der Waals surface area contributed by atoms with Crippen molar-refractivity contribution in [3.63, 3.8) is 0 Å². The van der Waals surface area contributed by atoms with Crippen LogP contribution in [0.4, 0.5) is 4.39 Å². The molecule has 116 valence electrons. The molecular formula is C15H20Cl2FN3. The zero-order chi connectivity index (χ0) is 15.8. The molecule has 0 atom stereocenters. The smallest absolute Gasteiger partial charge is 0.144 e. The quantitative estimate of drug-likeness (QED) is 0.767.